The van der Waals surface area contributed by atoms with Crippen molar-refractivity contribution in [1.82, 2.24) is 0 Å². The predicted molar refractivity (Wildman–Crippen MR) is 84.0 cm³/mol. The standard InChI is InChI=1S/C18H20O6/c1-11-13-5-3-4-6-14(13)16(8-15(11)18(22)24-10-20)12(9-19)7-17(21)23-2/h3-6,9-12,15-16H,7-8H2,1-2H3. The molecule has 0 amide bonds. The molecule has 0 N–H and O–H groups in total. The highest BCUT2D eigenvalue weighted by Gasteiger charge is 2.40. The zero-order valence-corrected chi connectivity index (χ0v) is 13.6. The zero-order valence-electron chi connectivity index (χ0n) is 13.6. The van der Waals surface area contributed by atoms with Gasteiger partial charge in [0.1, 0.15) is 6.29 Å². The summed E-state index contributed by atoms with van der Waals surface area (Å²) in [5, 5.41) is 0. The molecular formula is C18H20O6. The number of methoxy groups -OCH3 is 1. The minimum Gasteiger partial charge on any atom is -0.469 e. The lowest BCUT2D eigenvalue weighted by Gasteiger charge is -2.37. The van der Waals surface area contributed by atoms with E-state index in [1.54, 1.807) is 0 Å². The minimum atomic E-state index is -0.611. The molecule has 0 heterocycles. The molecule has 1 aromatic rings. The molecule has 128 valence electrons. The van der Waals surface area contributed by atoms with Crippen molar-refractivity contribution in [3.63, 3.8) is 0 Å². The lowest BCUT2D eigenvalue weighted by atomic mass is 9.67. The van der Waals surface area contributed by atoms with Crippen molar-refractivity contribution in [2.75, 3.05) is 7.11 Å². The molecule has 6 nitrogen and oxygen atoms in total. The molecular weight excluding hydrogens is 312 g/mol. The maximum atomic E-state index is 12.1. The van der Waals surface area contributed by atoms with Crippen LogP contribution in [0.5, 0.6) is 0 Å². The SMILES string of the molecule is COC(=O)CC(C=O)C1CC(C(=O)OC=O)C(C)c2ccccc21. The Morgan fingerprint density at radius 2 is 1.92 bits per heavy atom. The first kappa shape index (κ1) is 17.8. The summed E-state index contributed by atoms with van der Waals surface area (Å²) >= 11 is 0. The summed E-state index contributed by atoms with van der Waals surface area (Å²) in [6.07, 6.45) is 1.02. The first-order chi connectivity index (χ1) is 11.5. The van der Waals surface area contributed by atoms with Crippen LogP contribution in [0, 0.1) is 11.8 Å². The van der Waals surface area contributed by atoms with E-state index < -0.39 is 23.8 Å². The summed E-state index contributed by atoms with van der Waals surface area (Å²) < 4.78 is 9.19. The van der Waals surface area contributed by atoms with Gasteiger partial charge in [-0.15, -0.1) is 0 Å². The zero-order chi connectivity index (χ0) is 17.7. The summed E-state index contributed by atoms with van der Waals surface area (Å²) in [6.45, 7) is 2.01. The molecule has 1 aliphatic rings. The number of benzene rings is 1. The van der Waals surface area contributed by atoms with Gasteiger partial charge < -0.3 is 14.3 Å². The fraction of sp³-hybridized carbons (Fsp3) is 0.444. The molecule has 6 heteroatoms. The number of hydrogen-bond acceptors (Lipinski definition) is 6. The first-order valence-electron chi connectivity index (χ1n) is 7.78. The highest BCUT2D eigenvalue weighted by molar-refractivity contribution is 5.80. The number of esters is 2. The van der Waals surface area contributed by atoms with Gasteiger partial charge in [0.2, 0.25) is 0 Å². The predicted octanol–water partition coefficient (Wildman–Crippen LogP) is 1.97. The van der Waals surface area contributed by atoms with Gasteiger partial charge in [-0.1, -0.05) is 31.2 Å². The van der Waals surface area contributed by atoms with Gasteiger partial charge in [0.25, 0.3) is 0 Å². The van der Waals surface area contributed by atoms with Crippen LogP contribution in [0.25, 0.3) is 0 Å². The van der Waals surface area contributed by atoms with Gasteiger partial charge in [0.15, 0.2) is 0 Å². The second-order valence-electron chi connectivity index (χ2n) is 5.98. The van der Waals surface area contributed by atoms with Crippen molar-refractivity contribution in [2.24, 2.45) is 11.8 Å². The van der Waals surface area contributed by atoms with E-state index in [4.69, 9.17) is 0 Å². The summed E-state index contributed by atoms with van der Waals surface area (Å²) in [5.41, 5.74) is 1.87. The van der Waals surface area contributed by atoms with Crippen LogP contribution < -0.4 is 0 Å². The minimum absolute atomic E-state index is 0.0527. The highest BCUT2D eigenvalue weighted by atomic mass is 16.6. The molecule has 24 heavy (non-hydrogen) atoms. The quantitative estimate of drug-likeness (QED) is 0.450. The van der Waals surface area contributed by atoms with Crippen molar-refractivity contribution >= 4 is 24.7 Å². The molecule has 0 aliphatic heterocycles. The lowest BCUT2D eigenvalue weighted by Crippen LogP contribution is -2.33. The molecule has 0 aromatic heterocycles. The van der Waals surface area contributed by atoms with E-state index in [2.05, 4.69) is 9.47 Å². The average Bonchev–Trinajstić information content (AvgIpc) is 2.60. The number of aldehydes is 1. The second-order valence-corrected chi connectivity index (χ2v) is 5.98. The van der Waals surface area contributed by atoms with Gasteiger partial charge >= 0.3 is 18.4 Å². The van der Waals surface area contributed by atoms with Crippen LogP contribution in [0.15, 0.2) is 24.3 Å². The fourth-order valence-corrected chi connectivity index (χ4v) is 3.49. The first-order valence-corrected chi connectivity index (χ1v) is 7.78. The van der Waals surface area contributed by atoms with Crippen molar-refractivity contribution in [3.8, 4) is 0 Å². The summed E-state index contributed by atoms with van der Waals surface area (Å²) in [4.78, 5) is 45.8. The van der Waals surface area contributed by atoms with Crippen LogP contribution in [-0.4, -0.2) is 31.8 Å². The van der Waals surface area contributed by atoms with Gasteiger partial charge in [0.05, 0.1) is 19.4 Å². The molecule has 4 unspecified atom stereocenters. The Bertz CT molecular complexity index is 638. The number of fused-ring (bicyclic) bond motifs is 1. The average molecular weight is 332 g/mol. The van der Waals surface area contributed by atoms with Gasteiger partial charge in [-0.05, 0) is 29.4 Å². The van der Waals surface area contributed by atoms with Crippen LogP contribution >= 0.6 is 0 Å². The molecule has 1 aliphatic carbocycles. The summed E-state index contributed by atoms with van der Waals surface area (Å²) in [6, 6.07) is 7.53. The van der Waals surface area contributed by atoms with E-state index in [1.807, 2.05) is 31.2 Å². The van der Waals surface area contributed by atoms with Crippen molar-refractivity contribution in [1.29, 1.82) is 0 Å². The molecule has 0 fully saturated rings. The topological polar surface area (TPSA) is 86.7 Å². The van der Waals surface area contributed by atoms with Crippen LogP contribution in [0.1, 0.15) is 42.7 Å². The van der Waals surface area contributed by atoms with E-state index >= 15 is 0 Å². The summed E-state index contributed by atoms with van der Waals surface area (Å²) in [5.74, 6) is -2.68. The molecule has 0 saturated heterocycles. The maximum absolute atomic E-state index is 12.1. The third kappa shape index (κ3) is 3.53. The third-order valence-corrected chi connectivity index (χ3v) is 4.79. The lowest BCUT2D eigenvalue weighted by molar-refractivity contribution is -0.156. The Kier molecular flexibility index (Phi) is 5.84. The Labute approximate surface area is 140 Å². The number of rotatable bonds is 6. The Morgan fingerprint density at radius 1 is 1.25 bits per heavy atom. The van der Waals surface area contributed by atoms with E-state index in [9.17, 15) is 19.2 Å². The van der Waals surface area contributed by atoms with Crippen molar-refractivity contribution < 1.29 is 28.7 Å². The van der Waals surface area contributed by atoms with E-state index in [-0.39, 0.29) is 24.7 Å². The third-order valence-electron chi connectivity index (χ3n) is 4.79. The molecule has 0 saturated carbocycles. The Hall–Kier alpha value is -2.50. The Balaban J connectivity index is 2.40. The maximum Gasteiger partial charge on any atom is 0.317 e. The van der Waals surface area contributed by atoms with E-state index in [1.165, 1.54) is 7.11 Å². The van der Waals surface area contributed by atoms with Crippen LogP contribution in [0.3, 0.4) is 0 Å². The fourth-order valence-electron chi connectivity index (χ4n) is 3.49. The van der Waals surface area contributed by atoms with Crippen LogP contribution in [0.2, 0.25) is 0 Å². The molecule has 0 spiro atoms. The second kappa shape index (κ2) is 7.86. The van der Waals surface area contributed by atoms with Gasteiger partial charge in [-0.25, -0.2) is 0 Å². The van der Waals surface area contributed by atoms with Gasteiger partial charge in [0, 0.05) is 5.92 Å². The van der Waals surface area contributed by atoms with Gasteiger partial charge in [-0.2, -0.15) is 0 Å². The van der Waals surface area contributed by atoms with Crippen LogP contribution in [0.4, 0.5) is 0 Å². The number of hydrogen-bond donors (Lipinski definition) is 0. The van der Waals surface area contributed by atoms with Crippen molar-refractivity contribution in [3.05, 3.63) is 35.4 Å². The molecule has 0 bridgehead atoms. The van der Waals surface area contributed by atoms with E-state index in [0.29, 0.717) is 6.42 Å². The molecule has 2 rings (SSSR count). The normalized spacial score (nSPS) is 23.5. The number of carbonyl (C=O) groups excluding carboxylic acids is 4. The largest absolute Gasteiger partial charge is 0.469 e. The molecule has 1 aromatic carbocycles. The molecule has 4 atom stereocenters. The van der Waals surface area contributed by atoms with Gasteiger partial charge in [-0.3, -0.25) is 14.4 Å². The smallest absolute Gasteiger partial charge is 0.317 e. The van der Waals surface area contributed by atoms with Crippen LogP contribution in [-0.2, 0) is 28.7 Å². The summed E-state index contributed by atoms with van der Waals surface area (Å²) in [7, 11) is 1.27. The number of carbonyl (C=O) groups is 4. The highest BCUT2D eigenvalue weighted by Crippen LogP contribution is 2.46. The molecule has 0 radical (unpaired) electrons. The van der Waals surface area contributed by atoms with Crippen molar-refractivity contribution in [2.45, 2.75) is 31.6 Å². The Morgan fingerprint density at radius 3 is 2.50 bits per heavy atom. The monoisotopic (exact) mass is 332 g/mol. The van der Waals surface area contributed by atoms with E-state index in [0.717, 1.165) is 17.4 Å². The number of ether oxygens (including phenoxy) is 2.